The molecule has 0 spiro atoms. The van der Waals surface area contributed by atoms with Crippen molar-refractivity contribution in [3.8, 4) is 0 Å². The van der Waals surface area contributed by atoms with Gasteiger partial charge in [0.2, 0.25) is 5.91 Å². The van der Waals surface area contributed by atoms with Gasteiger partial charge in [-0.1, -0.05) is 17.7 Å². The van der Waals surface area contributed by atoms with E-state index in [-0.39, 0.29) is 18.4 Å². The van der Waals surface area contributed by atoms with E-state index in [9.17, 15) is 9.59 Å². The summed E-state index contributed by atoms with van der Waals surface area (Å²) in [6.45, 7) is 10.6. The third-order valence-electron chi connectivity index (χ3n) is 3.53. The van der Waals surface area contributed by atoms with Gasteiger partial charge < -0.3 is 9.64 Å². The molecule has 0 saturated carbocycles. The molecule has 0 saturated heterocycles. The largest absolute Gasteiger partial charge is 0.465 e. The molecule has 0 radical (unpaired) electrons. The lowest BCUT2D eigenvalue weighted by atomic mass is 9.97. The summed E-state index contributed by atoms with van der Waals surface area (Å²) in [5.41, 5.74) is 4.48. The zero-order valence-corrected chi connectivity index (χ0v) is 13.7. The highest BCUT2D eigenvalue weighted by atomic mass is 16.5. The molecule has 1 amide bonds. The summed E-state index contributed by atoms with van der Waals surface area (Å²) in [7, 11) is 0. The Bertz CT molecular complexity index is 500. The highest BCUT2D eigenvalue weighted by Gasteiger charge is 2.18. The van der Waals surface area contributed by atoms with Crippen LogP contribution in [0.2, 0.25) is 0 Å². The summed E-state index contributed by atoms with van der Waals surface area (Å²) >= 11 is 0. The van der Waals surface area contributed by atoms with Gasteiger partial charge in [-0.15, -0.1) is 0 Å². The van der Waals surface area contributed by atoms with E-state index in [1.165, 1.54) is 10.5 Å². The number of hydrogen-bond donors (Lipinski definition) is 0. The molecule has 1 rings (SSSR count). The molecular weight excluding hydrogens is 266 g/mol. The number of likely N-dealkylation sites (N-methyl/N-ethyl adjacent to an activating group) is 1. The van der Waals surface area contributed by atoms with Crippen LogP contribution >= 0.6 is 0 Å². The number of rotatable bonds is 6. The van der Waals surface area contributed by atoms with E-state index in [4.69, 9.17) is 4.74 Å². The second kappa shape index (κ2) is 7.81. The normalized spacial score (nSPS) is 10.3. The molecule has 0 aliphatic carbocycles. The minimum atomic E-state index is -0.356. The van der Waals surface area contributed by atoms with Crippen molar-refractivity contribution in [2.75, 3.05) is 19.7 Å². The van der Waals surface area contributed by atoms with Crippen molar-refractivity contribution >= 4 is 11.9 Å². The molecule has 4 heteroatoms. The second-order valence-electron chi connectivity index (χ2n) is 5.27. The molecule has 0 atom stereocenters. The number of carbonyl (C=O) groups excluding carboxylic acids is 2. The maximum atomic E-state index is 12.4. The topological polar surface area (TPSA) is 46.6 Å². The van der Waals surface area contributed by atoms with Crippen molar-refractivity contribution in [2.24, 2.45) is 0 Å². The molecule has 21 heavy (non-hydrogen) atoms. The fourth-order valence-corrected chi connectivity index (χ4v) is 2.49. The highest BCUT2D eigenvalue weighted by Crippen LogP contribution is 2.17. The van der Waals surface area contributed by atoms with Gasteiger partial charge in [0.25, 0.3) is 0 Å². The molecule has 0 N–H and O–H groups in total. The summed E-state index contributed by atoms with van der Waals surface area (Å²) in [5.74, 6) is -0.398. The Balaban J connectivity index is 2.81. The van der Waals surface area contributed by atoms with Crippen LogP contribution in [-0.2, 0) is 20.7 Å². The van der Waals surface area contributed by atoms with Gasteiger partial charge in [0.15, 0.2) is 0 Å². The molecular formula is C17H25NO3. The Morgan fingerprint density at radius 2 is 1.67 bits per heavy atom. The van der Waals surface area contributed by atoms with E-state index in [0.29, 0.717) is 19.6 Å². The first-order valence-electron chi connectivity index (χ1n) is 7.39. The molecule has 0 bridgehead atoms. The summed E-state index contributed by atoms with van der Waals surface area (Å²) in [6.07, 6.45) is 0.325. The number of hydrogen-bond acceptors (Lipinski definition) is 3. The lowest BCUT2D eigenvalue weighted by molar-refractivity contribution is -0.148. The molecule has 0 aliphatic heterocycles. The summed E-state index contributed by atoms with van der Waals surface area (Å²) in [5, 5.41) is 0. The van der Waals surface area contributed by atoms with Crippen molar-refractivity contribution in [3.63, 3.8) is 0 Å². The van der Waals surface area contributed by atoms with Gasteiger partial charge in [0.1, 0.15) is 6.54 Å². The SMILES string of the molecule is CCOC(=O)CN(CC)C(=O)Cc1c(C)cc(C)cc1C. The van der Waals surface area contributed by atoms with Gasteiger partial charge in [-0.2, -0.15) is 0 Å². The quantitative estimate of drug-likeness (QED) is 0.757. The van der Waals surface area contributed by atoms with E-state index >= 15 is 0 Å². The number of amides is 1. The van der Waals surface area contributed by atoms with Crippen molar-refractivity contribution in [1.29, 1.82) is 0 Å². The number of aryl methyl sites for hydroxylation is 3. The maximum absolute atomic E-state index is 12.4. The third-order valence-corrected chi connectivity index (χ3v) is 3.53. The Kier molecular flexibility index (Phi) is 6.40. The van der Waals surface area contributed by atoms with Gasteiger partial charge >= 0.3 is 5.97 Å². The fourth-order valence-electron chi connectivity index (χ4n) is 2.49. The average Bonchev–Trinajstić information content (AvgIpc) is 2.40. The fraction of sp³-hybridized carbons (Fsp3) is 0.529. The summed E-state index contributed by atoms with van der Waals surface area (Å²) in [4.78, 5) is 25.5. The third kappa shape index (κ3) is 4.88. The molecule has 0 unspecified atom stereocenters. The lowest BCUT2D eigenvalue weighted by Crippen LogP contribution is -2.37. The van der Waals surface area contributed by atoms with E-state index in [1.807, 2.05) is 27.7 Å². The monoisotopic (exact) mass is 291 g/mol. The number of nitrogens with zero attached hydrogens (tertiary/aromatic N) is 1. The van der Waals surface area contributed by atoms with Gasteiger partial charge in [0.05, 0.1) is 13.0 Å². The molecule has 116 valence electrons. The first kappa shape index (κ1) is 17.2. The summed E-state index contributed by atoms with van der Waals surface area (Å²) in [6, 6.07) is 4.16. The van der Waals surface area contributed by atoms with Crippen LogP contribution in [0.25, 0.3) is 0 Å². The Morgan fingerprint density at radius 1 is 1.10 bits per heavy atom. The Hall–Kier alpha value is -1.84. The molecule has 0 heterocycles. The van der Waals surface area contributed by atoms with Gasteiger partial charge in [-0.25, -0.2) is 0 Å². The molecule has 4 nitrogen and oxygen atoms in total. The van der Waals surface area contributed by atoms with Gasteiger partial charge in [-0.05, 0) is 51.3 Å². The number of esters is 1. The van der Waals surface area contributed by atoms with Crippen molar-refractivity contribution in [2.45, 2.75) is 41.0 Å². The first-order chi connectivity index (χ1) is 9.88. The predicted molar refractivity (Wildman–Crippen MR) is 83.2 cm³/mol. The smallest absolute Gasteiger partial charge is 0.325 e. The molecule has 0 aliphatic rings. The van der Waals surface area contributed by atoms with Crippen LogP contribution in [0.5, 0.6) is 0 Å². The van der Waals surface area contributed by atoms with Crippen LogP contribution in [0.1, 0.15) is 36.1 Å². The maximum Gasteiger partial charge on any atom is 0.325 e. The van der Waals surface area contributed by atoms with E-state index in [0.717, 1.165) is 16.7 Å². The molecule has 0 aromatic heterocycles. The molecule has 0 fully saturated rings. The van der Waals surface area contributed by atoms with E-state index < -0.39 is 0 Å². The average molecular weight is 291 g/mol. The minimum Gasteiger partial charge on any atom is -0.465 e. The Labute approximate surface area is 127 Å². The van der Waals surface area contributed by atoms with Crippen LogP contribution < -0.4 is 0 Å². The predicted octanol–water partition coefficient (Wildman–Crippen LogP) is 2.57. The van der Waals surface area contributed by atoms with Gasteiger partial charge in [0, 0.05) is 6.54 Å². The zero-order valence-electron chi connectivity index (χ0n) is 13.7. The van der Waals surface area contributed by atoms with Crippen LogP contribution in [0.15, 0.2) is 12.1 Å². The van der Waals surface area contributed by atoms with Crippen molar-refractivity contribution in [1.82, 2.24) is 4.90 Å². The Morgan fingerprint density at radius 3 is 2.14 bits per heavy atom. The van der Waals surface area contributed by atoms with Crippen molar-refractivity contribution in [3.05, 3.63) is 34.4 Å². The van der Waals surface area contributed by atoms with E-state index in [1.54, 1.807) is 6.92 Å². The van der Waals surface area contributed by atoms with Crippen LogP contribution in [0.3, 0.4) is 0 Å². The highest BCUT2D eigenvalue weighted by molar-refractivity contribution is 5.84. The van der Waals surface area contributed by atoms with Crippen molar-refractivity contribution < 1.29 is 14.3 Å². The number of carbonyl (C=O) groups is 2. The second-order valence-corrected chi connectivity index (χ2v) is 5.27. The minimum absolute atomic E-state index is 0.0210. The summed E-state index contributed by atoms with van der Waals surface area (Å²) < 4.78 is 4.90. The zero-order chi connectivity index (χ0) is 16.0. The van der Waals surface area contributed by atoms with Crippen LogP contribution in [-0.4, -0.2) is 36.5 Å². The van der Waals surface area contributed by atoms with Gasteiger partial charge in [-0.3, -0.25) is 9.59 Å². The molecule has 1 aromatic rings. The first-order valence-corrected chi connectivity index (χ1v) is 7.39. The van der Waals surface area contributed by atoms with E-state index in [2.05, 4.69) is 12.1 Å². The number of ether oxygens (including phenoxy) is 1. The van der Waals surface area contributed by atoms with Crippen LogP contribution in [0, 0.1) is 20.8 Å². The number of benzene rings is 1. The molecule has 1 aromatic carbocycles. The lowest BCUT2D eigenvalue weighted by Gasteiger charge is -2.21. The van der Waals surface area contributed by atoms with Crippen LogP contribution in [0.4, 0.5) is 0 Å². The standard InChI is InChI=1S/C17H25NO3/c1-6-18(11-17(20)21-7-2)16(19)10-15-13(4)8-12(3)9-14(15)5/h8-9H,6-7,10-11H2,1-5H3.